The first kappa shape index (κ1) is 16.6. The predicted molar refractivity (Wildman–Crippen MR) is 92.3 cm³/mol. The molecule has 3 rings (SSSR count). The molecule has 0 spiro atoms. The number of hydrogen-bond donors (Lipinski definition) is 2. The maximum atomic E-state index is 12.0. The average molecular weight is 338 g/mol. The Morgan fingerprint density at radius 3 is 2.60 bits per heavy atom. The van der Waals surface area contributed by atoms with Crippen molar-refractivity contribution in [2.45, 2.75) is 19.4 Å². The number of aliphatic carboxylic acids is 1. The molecule has 1 aromatic heterocycles. The van der Waals surface area contributed by atoms with Crippen molar-refractivity contribution in [1.29, 1.82) is 0 Å². The first-order valence-electron chi connectivity index (χ1n) is 8.00. The lowest BCUT2D eigenvalue weighted by Gasteiger charge is -2.06. The van der Waals surface area contributed by atoms with Gasteiger partial charge in [-0.05, 0) is 36.2 Å². The maximum absolute atomic E-state index is 12.0. The smallest absolute Gasteiger partial charge is 0.303 e. The summed E-state index contributed by atoms with van der Waals surface area (Å²) in [5.41, 5.74) is 3.36. The minimum absolute atomic E-state index is 0.0467. The highest BCUT2D eigenvalue weighted by Crippen LogP contribution is 2.12. The van der Waals surface area contributed by atoms with E-state index >= 15 is 0 Å². The van der Waals surface area contributed by atoms with Crippen molar-refractivity contribution in [1.82, 2.24) is 20.3 Å². The highest BCUT2D eigenvalue weighted by molar-refractivity contribution is 5.94. The van der Waals surface area contributed by atoms with Crippen LogP contribution in [0.4, 0.5) is 0 Å². The number of carbonyl (C=O) groups excluding carboxylic acids is 1. The van der Waals surface area contributed by atoms with E-state index in [9.17, 15) is 9.59 Å². The standard InChI is InChI=1S/C18H18N4O3/c23-17(24)6-3-11-19-18(25)14-9-7-13(8-10-14)12-22-16-5-2-1-4-15(16)20-21-22/h1-2,4-5,7-10H,3,6,11-12H2,(H,19,25)(H,23,24). The largest absolute Gasteiger partial charge is 0.481 e. The van der Waals surface area contributed by atoms with Gasteiger partial charge in [0.1, 0.15) is 5.52 Å². The zero-order chi connectivity index (χ0) is 17.6. The van der Waals surface area contributed by atoms with Gasteiger partial charge in [-0.2, -0.15) is 0 Å². The molecule has 0 fully saturated rings. The Hall–Kier alpha value is -3.22. The lowest BCUT2D eigenvalue weighted by molar-refractivity contribution is -0.137. The zero-order valence-corrected chi connectivity index (χ0v) is 13.6. The van der Waals surface area contributed by atoms with E-state index in [2.05, 4.69) is 15.6 Å². The minimum Gasteiger partial charge on any atom is -0.481 e. The Bertz CT molecular complexity index is 887. The van der Waals surface area contributed by atoms with Crippen LogP contribution >= 0.6 is 0 Å². The molecule has 0 saturated heterocycles. The van der Waals surface area contributed by atoms with Crippen molar-refractivity contribution in [3.63, 3.8) is 0 Å². The molecular weight excluding hydrogens is 320 g/mol. The van der Waals surface area contributed by atoms with Crippen LogP contribution in [0.15, 0.2) is 48.5 Å². The molecular formula is C18H18N4O3. The summed E-state index contributed by atoms with van der Waals surface area (Å²) >= 11 is 0. The van der Waals surface area contributed by atoms with Crippen LogP contribution in [0.2, 0.25) is 0 Å². The normalized spacial score (nSPS) is 10.7. The van der Waals surface area contributed by atoms with Gasteiger partial charge in [-0.25, -0.2) is 4.68 Å². The van der Waals surface area contributed by atoms with E-state index in [0.29, 0.717) is 25.1 Å². The Labute approximate surface area is 144 Å². The third kappa shape index (κ3) is 4.20. The second-order valence-corrected chi connectivity index (χ2v) is 5.69. The molecule has 0 atom stereocenters. The SMILES string of the molecule is O=C(O)CCCNC(=O)c1ccc(Cn2nnc3ccccc32)cc1. The number of para-hydroxylation sites is 1. The molecule has 0 aliphatic rings. The number of nitrogens with zero attached hydrogens (tertiary/aromatic N) is 3. The summed E-state index contributed by atoms with van der Waals surface area (Å²) in [7, 11) is 0. The number of nitrogens with one attached hydrogen (secondary N) is 1. The molecule has 1 amide bonds. The topological polar surface area (TPSA) is 97.1 Å². The van der Waals surface area contributed by atoms with Crippen molar-refractivity contribution in [3.05, 3.63) is 59.7 Å². The van der Waals surface area contributed by atoms with E-state index in [0.717, 1.165) is 16.6 Å². The van der Waals surface area contributed by atoms with Crippen LogP contribution < -0.4 is 5.32 Å². The van der Waals surface area contributed by atoms with Gasteiger partial charge in [-0.15, -0.1) is 5.10 Å². The van der Waals surface area contributed by atoms with Crippen LogP contribution in [0.25, 0.3) is 11.0 Å². The van der Waals surface area contributed by atoms with Gasteiger partial charge in [0.2, 0.25) is 0 Å². The van der Waals surface area contributed by atoms with Crippen LogP contribution in [0.1, 0.15) is 28.8 Å². The first-order chi connectivity index (χ1) is 12.1. The quantitative estimate of drug-likeness (QED) is 0.643. The molecule has 3 aromatic rings. The number of rotatable bonds is 7. The highest BCUT2D eigenvalue weighted by Gasteiger charge is 2.07. The molecule has 0 saturated carbocycles. The molecule has 7 nitrogen and oxygen atoms in total. The minimum atomic E-state index is -0.862. The number of aromatic nitrogens is 3. The second kappa shape index (κ2) is 7.57. The van der Waals surface area contributed by atoms with Crippen molar-refractivity contribution in [3.8, 4) is 0 Å². The van der Waals surface area contributed by atoms with E-state index in [1.165, 1.54) is 0 Å². The van der Waals surface area contributed by atoms with Crippen molar-refractivity contribution < 1.29 is 14.7 Å². The van der Waals surface area contributed by atoms with Crippen molar-refractivity contribution >= 4 is 22.9 Å². The summed E-state index contributed by atoms with van der Waals surface area (Å²) in [5.74, 6) is -1.07. The van der Waals surface area contributed by atoms with Crippen LogP contribution in [0.3, 0.4) is 0 Å². The molecule has 0 bridgehead atoms. The molecule has 7 heteroatoms. The monoisotopic (exact) mass is 338 g/mol. The van der Waals surface area contributed by atoms with Gasteiger partial charge < -0.3 is 10.4 Å². The molecule has 2 N–H and O–H groups in total. The molecule has 1 heterocycles. The maximum Gasteiger partial charge on any atom is 0.303 e. The number of carbonyl (C=O) groups is 2. The van der Waals surface area contributed by atoms with Crippen LogP contribution in [-0.4, -0.2) is 38.5 Å². The van der Waals surface area contributed by atoms with Crippen LogP contribution in [0, 0.1) is 0 Å². The summed E-state index contributed by atoms with van der Waals surface area (Å²) in [6.45, 7) is 0.916. The van der Waals surface area contributed by atoms with Crippen LogP contribution in [-0.2, 0) is 11.3 Å². The fraction of sp³-hybridized carbons (Fsp3) is 0.222. The van der Waals surface area contributed by atoms with Gasteiger partial charge in [0.25, 0.3) is 5.91 Å². The fourth-order valence-electron chi connectivity index (χ4n) is 2.51. The van der Waals surface area contributed by atoms with Gasteiger partial charge in [0.05, 0.1) is 12.1 Å². The van der Waals surface area contributed by atoms with Gasteiger partial charge in [0.15, 0.2) is 0 Å². The van der Waals surface area contributed by atoms with E-state index < -0.39 is 5.97 Å². The number of benzene rings is 2. The van der Waals surface area contributed by atoms with Crippen molar-refractivity contribution in [2.24, 2.45) is 0 Å². The molecule has 0 radical (unpaired) electrons. The lowest BCUT2D eigenvalue weighted by atomic mass is 10.1. The van der Waals surface area contributed by atoms with Gasteiger partial charge in [0, 0.05) is 18.5 Å². The van der Waals surface area contributed by atoms with Crippen LogP contribution in [0.5, 0.6) is 0 Å². The molecule has 0 unspecified atom stereocenters. The summed E-state index contributed by atoms with van der Waals surface area (Å²) in [6.07, 6.45) is 0.462. The lowest BCUT2D eigenvalue weighted by Crippen LogP contribution is -2.24. The Kier molecular flexibility index (Phi) is 5.03. The number of hydrogen-bond acceptors (Lipinski definition) is 4. The second-order valence-electron chi connectivity index (χ2n) is 5.69. The Morgan fingerprint density at radius 1 is 1.08 bits per heavy atom. The molecule has 0 aliphatic carbocycles. The predicted octanol–water partition coefficient (Wildman–Crippen LogP) is 2.07. The van der Waals surface area contributed by atoms with Gasteiger partial charge in [-0.3, -0.25) is 9.59 Å². The van der Waals surface area contributed by atoms with E-state index in [1.54, 1.807) is 12.1 Å². The fourth-order valence-corrected chi connectivity index (χ4v) is 2.51. The molecule has 0 aliphatic heterocycles. The van der Waals surface area contributed by atoms with E-state index in [1.807, 2.05) is 41.1 Å². The number of carboxylic acids is 1. The Balaban J connectivity index is 1.60. The first-order valence-corrected chi connectivity index (χ1v) is 8.00. The molecule has 25 heavy (non-hydrogen) atoms. The highest BCUT2D eigenvalue weighted by atomic mass is 16.4. The average Bonchev–Trinajstić information content (AvgIpc) is 3.02. The summed E-state index contributed by atoms with van der Waals surface area (Å²) < 4.78 is 1.82. The molecule has 2 aromatic carbocycles. The summed E-state index contributed by atoms with van der Waals surface area (Å²) in [6, 6.07) is 15.0. The summed E-state index contributed by atoms with van der Waals surface area (Å²) in [4.78, 5) is 22.4. The third-order valence-corrected chi connectivity index (χ3v) is 3.82. The van der Waals surface area contributed by atoms with E-state index in [4.69, 9.17) is 5.11 Å². The van der Waals surface area contributed by atoms with Crippen molar-refractivity contribution in [2.75, 3.05) is 6.54 Å². The number of fused-ring (bicyclic) bond motifs is 1. The third-order valence-electron chi connectivity index (χ3n) is 3.82. The molecule has 128 valence electrons. The van der Waals surface area contributed by atoms with Gasteiger partial charge >= 0.3 is 5.97 Å². The van der Waals surface area contributed by atoms with E-state index in [-0.39, 0.29) is 12.3 Å². The Morgan fingerprint density at radius 2 is 1.84 bits per heavy atom. The summed E-state index contributed by atoms with van der Waals surface area (Å²) in [5, 5.41) is 19.6. The zero-order valence-electron chi connectivity index (χ0n) is 13.6. The van der Waals surface area contributed by atoms with Gasteiger partial charge in [-0.1, -0.05) is 29.5 Å². The number of amides is 1. The number of carboxylic acid groups (broad SMARTS) is 1.